The van der Waals surface area contributed by atoms with E-state index in [-0.39, 0.29) is 18.7 Å². The van der Waals surface area contributed by atoms with Crippen LogP contribution in [-0.2, 0) is 5.67 Å². The first-order valence-corrected chi connectivity index (χ1v) is 3.72. The van der Waals surface area contributed by atoms with Crippen molar-refractivity contribution in [2.24, 2.45) is 0 Å². The average Bonchev–Trinajstić information content (AvgIpc) is 2.01. The van der Waals surface area contributed by atoms with Crippen LogP contribution in [0.25, 0.3) is 0 Å². The summed E-state index contributed by atoms with van der Waals surface area (Å²) in [4.78, 5) is 3.55. The van der Waals surface area contributed by atoms with E-state index in [9.17, 15) is 8.78 Å². The van der Waals surface area contributed by atoms with E-state index in [0.29, 0.717) is 0 Å². The molecule has 0 saturated carbocycles. The lowest BCUT2D eigenvalue weighted by molar-refractivity contribution is 0.0845. The Labute approximate surface area is 68.6 Å². The molecule has 4 heteroatoms. The number of hydrogen-bond acceptors (Lipinski definition) is 2. The summed E-state index contributed by atoms with van der Waals surface area (Å²) in [6.45, 7) is 0.377. The zero-order valence-corrected chi connectivity index (χ0v) is 6.35. The van der Waals surface area contributed by atoms with E-state index >= 15 is 0 Å². The molecule has 2 rings (SSSR count). The number of nitrogens with zero attached hydrogens (tertiary/aromatic N) is 1. The highest BCUT2D eigenvalue weighted by atomic mass is 19.1. The Morgan fingerprint density at radius 2 is 2.25 bits per heavy atom. The van der Waals surface area contributed by atoms with Gasteiger partial charge in [-0.2, -0.15) is 0 Å². The van der Waals surface area contributed by atoms with E-state index in [1.165, 1.54) is 12.3 Å². The summed E-state index contributed by atoms with van der Waals surface area (Å²) in [5, 5.41) is 2.77. The molecule has 0 spiro atoms. The summed E-state index contributed by atoms with van der Waals surface area (Å²) >= 11 is 0. The monoisotopic (exact) mass is 170 g/mol. The number of alkyl halides is 1. The van der Waals surface area contributed by atoms with Crippen molar-refractivity contribution in [2.45, 2.75) is 5.67 Å². The highest BCUT2D eigenvalue weighted by Gasteiger charge is 2.40. The van der Waals surface area contributed by atoms with Crippen LogP contribution in [0.2, 0.25) is 0 Å². The molecule has 12 heavy (non-hydrogen) atoms. The van der Waals surface area contributed by atoms with Crippen LogP contribution < -0.4 is 5.32 Å². The molecule has 1 fully saturated rings. The Bertz CT molecular complexity index is 297. The van der Waals surface area contributed by atoms with E-state index in [4.69, 9.17) is 0 Å². The molecular weight excluding hydrogens is 162 g/mol. The normalized spacial score (nSPS) is 20.2. The van der Waals surface area contributed by atoms with Crippen LogP contribution in [0.3, 0.4) is 0 Å². The van der Waals surface area contributed by atoms with Gasteiger partial charge in [-0.05, 0) is 6.07 Å². The lowest BCUT2D eigenvalue weighted by atomic mass is 9.91. The number of aromatic nitrogens is 1. The third-order valence-electron chi connectivity index (χ3n) is 2.07. The summed E-state index contributed by atoms with van der Waals surface area (Å²) in [5.74, 6) is -0.568. The van der Waals surface area contributed by atoms with Crippen molar-refractivity contribution >= 4 is 0 Å². The molecule has 0 amide bonds. The lowest BCUT2D eigenvalue weighted by Crippen LogP contribution is -2.54. The molecule has 0 aromatic carbocycles. The van der Waals surface area contributed by atoms with Gasteiger partial charge in [0.15, 0.2) is 5.67 Å². The van der Waals surface area contributed by atoms with E-state index in [2.05, 4.69) is 10.3 Å². The molecule has 64 valence electrons. The first-order chi connectivity index (χ1) is 5.72. The molecule has 1 aromatic heterocycles. The molecule has 1 N–H and O–H groups in total. The Kier molecular flexibility index (Phi) is 1.58. The van der Waals surface area contributed by atoms with Crippen molar-refractivity contribution in [3.8, 4) is 0 Å². The fourth-order valence-corrected chi connectivity index (χ4v) is 1.27. The van der Waals surface area contributed by atoms with E-state index in [1.54, 1.807) is 0 Å². The maximum absolute atomic E-state index is 13.6. The van der Waals surface area contributed by atoms with Crippen LogP contribution >= 0.6 is 0 Å². The Morgan fingerprint density at radius 3 is 2.75 bits per heavy atom. The second-order valence-corrected chi connectivity index (χ2v) is 2.92. The fraction of sp³-hybridized carbons (Fsp3) is 0.375. The Morgan fingerprint density at radius 1 is 1.50 bits per heavy atom. The molecule has 1 aliphatic heterocycles. The Balaban J connectivity index is 2.39. The van der Waals surface area contributed by atoms with Gasteiger partial charge in [0, 0.05) is 24.8 Å². The molecule has 0 bridgehead atoms. The highest BCUT2D eigenvalue weighted by Crippen LogP contribution is 2.31. The van der Waals surface area contributed by atoms with Crippen LogP contribution in [0.1, 0.15) is 5.56 Å². The van der Waals surface area contributed by atoms with Gasteiger partial charge in [0.05, 0.1) is 6.20 Å². The smallest absolute Gasteiger partial charge is 0.163 e. The van der Waals surface area contributed by atoms with Crippen molar-refractivity contribution in [3.63, 3.8) is 0 Å². The van der Waals surface area contributed by atoms with E-state index in [1.807, 2.05) is 0 Å². The van der Waals surface area contributed by atoms with E-state index < -0.39 is 11.5 Å². The van der Waals surface area contributed by atoms with Crippen molar-refractivity contribution < 1.29 is 8.78 Å². The maximum atomic E-state index is 13.6. The van der Waals surface area contributed by atoms with Crippen molar-refractivity contribution in [3.05, 3.63) is 29.8 Å². The minimum absolute atomic E-state index is 0.108. The van der Waals surface area contributed by atoms with Gasteiger partial charge >= 0.3 is 0 Å². The molecule has 2 heterocycles. The third kappa shape index (κ3) is 0.992. The van der Waals surface area contributed by atoms with Crippen LogP contribution in [-0.4, -0.2) is 18.1 Å². The van der Waals surface area contributed by atoms with Crippen LogP contribution in [0, 0.1) is 5.82 Å². The van der Waals surface area contributed by atoms with Gasteiger partial charge in [-0.15, -0.1) is 0 Å². The van der Waals surface area contributed by atoms with Gasteiger partial charge in [-0.1, -0.05) is 0 Å². The van der Waals surface area contributed by atoms with Gasteiger partial charge in [0.25, 0.3) is 0 Å². The van der Waals surface area contributed by atoms with Gasteiger partial charge in [0.2, 0.25) is 0 Å². The molecule has 2 nitrogen and oxygen atoms in total. The number of halogens is 2. The minimum Gasteiger partial charge on any atom is -0.310 e. The zero-order chi connectivity index (χ0) is 8.60. The molecule has 0 radical (unpaired) electrons. The first kappa shape index (κ1) is 7.61. The summed E-state index contributed by atoms with van der Waals surface area (Å²) in [7, 11) is 0. The average molecular weight is 170 g/mol. The summed E-state index contributed by atoms with van der Waals surface area (Å²) in [6, 6.07) is 1.39. The van der Waals surface area contributed by atoms with Gasteiger partial charge < -0.3 is 5.32 Å². The van der Waals surface area contributed by atoms with Crippen LogP contribution in [0.15, 0.2) is 18.5 Å². The second-order valence-electron chi connectivity index (χ2n) is 2.92. The molecule has 1 aliphatic rings. The second kappa shape index (κ2) is 2.48. The molecule has 0 atom stereocenters. The number of nitrogens with one attached hydrogen (secondary N) is 1. The third-order valence-corrected chi connectivity index (χ3v) is 2.07. The van der Waals surface area contributed by atoms with Crippen LogP contribution in [0.5, 0.6) is 0 Å². The molecule has 0 unspecified atom stereocenters. The van der Waals surface area contributed by atoms with Gasteiger partial charge in [-0.3, -0.25) is 4.98 Å². The SMILES string of the molecule is Fc1cnccc1C1(F)CNC1. The Hall–Kier alpha value is -1.03. The minimum atomic E-state index is -1.52. The van der Waals surface area contributed by atoms with Crippen LogP contribution in [0.4, 0.5) is 8.78 Å². The predicted octanol–water partition coefficient (Wildman–Crippen LogP) is 0.989. The summed E-state index contributed by atoms with van der Waals surface area (Å²) in [6.07, 6.45) is 2.44. The largest absolute Gasteiger partial charge is 0.310 e. The zero-order valence-electron chi connectivity index (χ0n) is 6.35. The van der Waals surface area contributed by atoms with Crippen molar-refractivity contribution in [1.29, 1.82) is 0 Å². The van der Waals surface area contributed by atoms with Crippen molar-refractivity contribution in [2.75, 3.05) is 13.1 Å². The van der Waals surface area contributed by atoms with Crippen molar-refractivity contribution in [1.82, 2.24) is 10.3 Å². The quantitative estimate of drug-likeness (QED) is 0.679. The summed E-state index contributed by atoms with van der Waals surface area (Å²) < 4.78 is 26.5. The number of hydrogen-bond donors (Lipinski definition) is 1. The van der Waals surface area contributed by atoms with E-state index in [0.717, 1.165) is 6.20 Å². The fourth-order valence-electron chi connectivity index (χ4n) is 1.27. The molecule has 1 aromatic rings. The standard InChI is InChI=1S/C8H8F2N2/c9-7-3-11-2-1-6(7)8(10)4-12-5-8/h1-3,12H,4-5H2. The van der Waals surface area contributed by atoms with Gasteiger partial charge in [0.1, 0.15) is 5.82 Å². The predicted molar refractivity (Wildman–Crippen MR) is 39.9 cm³/mol. The molecular formula is C8H8F2N2. The molecule has 1 saturated heterocycles. The highest BCUT2D eigenvalue weighted by molar-refractivity contribution is 5.25. The first-order valence-electron chi connectivity index (χ1n) is 3.72. The summed E-state index contributed by atoms with van der Waals surface area (Å²) in [5.41, 5.74) is -1.41. The maximum Gasteiger partial charge on any atom is 0.163 e. The number of rotatable bonds is 1. The molecule has 0 aliphatic carbocycles. The topological polar surface area (TPSA) is 24.9 Å². The number of pyridine rings is 1. The lowest BCUT2D eigenvalue weighted by Gasteiger charge is -2.35. The van der Waals surface area contributed by atoms with Gasteiger partial charge in [-0.25, -0.2) is 8.78 Å².